The summed E-state index contributed by atoms with van der Waals surface area (Å²) in [5.74, 6) is 0.654. The van der Waals surface area contributed by atoms with Gasteiger partial charge in [-0.3, -0.25) is 14.4 Å². The zero-order chi connectivity index (χ0) is 30.5. The summed E-state index contributed by atoms with van der Waals surface area (Å²) in [4.78, 5) is 45.4. The van der Waals surface area contributed by atoms with Gasteiger partial charge in [-0.2, -0.15) is 5.26 Å². The van der Waals surface area contributed by atoms with Crippen molar-refractivity contribution in [3.63, 3.8) is 0 Å². The number of ketones is 2. The van der Waals surface area contributed by atoms with Gasteiger partial charge in [0.15, 0.2) is 18.0 Å². The van der Waals surface area contributed by atoms with Crippen LogP contribution >= 0.6 is 0 Å². The van der Waals surface area contributed by atoms with Crippen molar-refractivity contribution in [3.8, 4) is 6.07 Å². The first-order valence-corrected chi connectivity index (χ1v) is 15.7. The van der Waals surface area contributed by atoms with Crippen LogP contribution in [-0.2, 0) is 20.9 Å². The molecule has 0 bridgehead atoms. The van der Waals surface area contributed by atoms with Crippen molar-refractivity contribution < 1.29 is 18.8 Å². The molecule has 0 aromatic carbocycles. The first-order valence-electron chi connectivity index (χ1n) is 15.7. The fourth-order valence-corrected chi connectivity index (χ4v) is 10.6. The molecule has 1 aromatic heterocycles. The fourth-order valence-electron chi connectivity index (χ4n) is 10.6. The predicted octanol–water partition coefficient (Wildman–Crippen LogP) is 6.51. The number of rotatable bonds is 3. The van der Waals surface area contributed by atoms with Crippen LogP contribution in [0.5, 0.6) is 0 Å². The minimum absolute atomic E-state index is 0.000491. The summed E-state index contributed by atoms with van der Waals surface area (Å²) in [6.07, 6.45) is 13.0. The quantitative estimate of drug-likeness (QED) is 0.442. The van der Waals surface area contributed by atoms with Gasteiger partial charge in [0, 0.05) is 22.2 Å². The van der Waals surface area contributed by atoms with E-state index in [0.29, 0.717) is 18.7 Å². The molecular weight excluding hydrogens is 526 g/mol. The molecule has 3 saturated carbocycles. The van der Waals surface area contributed by atoms with E-state index in [1.54, 1.807) is 6.20 Å². The highest BCUT2D eigenvalue weighted by atomic mass is 16.3. The highest BCUT2D eigenvalue weighted by Gasteiger charge is 2.69. The number of carbonyl (C=O) groups excluding carboxylic acids is 3. The van der Waals surface area contributed by atoms with Crippen molar-refractivity contribution >= 4 is 17.5 Å². The maximum absolute atomic E-state index is 14.5. The maximum Gasteiger partial charge on any atom is 0.226 e. The molecule has 3 fully saturated rings. The summed E-state index contributed by atoms with van der Waals surface area (Å²) < 4.78 is 5.33. The molecule has 7 heteroatoms. The second-order valence-corrected chi connectivity index (χ2v) is 16.0. The van der Waals surface area contributed by atoms with Crippen molar-refractivity contribution in [3.05, 3.63) is 41.6 Å². The zero-order valence-corrected chi connectivity index (χ0v) is 26.2. The van der Waals surface area contributed by atoms with E-state index in [0.717, 1.165) is 44.1 Å². The number of hydrogen-bond acceptors (Lipinski definition) is 6. The lowest BCUT2D eigenvalue weighted by molar-refractivity contribution is -0.172. The van der Waals surface area contributed by atoms with Gasteiger partial charge in [-0.15, -0.1) is 0 Å². The van der Waals surface area contributed by atoms with Crippen LogP contribution in [0.15, 0.2) is 40.3 Å². The minimum Gasteiger partial charge on any atom is -0.447 e. The Bertz CT molecular complexity index is 1460. The predicted molar refractivity (Wildman–Crippen MR) is 157 cm³/mol. The number of nitrogens with one attached hydrogen (secondary N) is 1. The van der Waals surface area contributed by atoms with Crippen LogP contribution < -0.4 is 5.32 Å². The second-order valence-electron chi connectivity index (χ2n) is 16.0. The van der Waals surface area contributed by atoms with Crippen molar-refractivity contribution in [2.24, 2.45) is 50.2 Å². The fraction of sp³-hybridized carbons (Fsp3) is 0.686. The number of amides is 1. The largest absolute Gasteiger partial charge is 0.447 e. The lowest BCUT2D eigenvalue weighted by atomic mass is 9.34. The zero-order valence-electron chi connectivity index (χ0n) is 26.2. The molecule has 224 valence electrons. The molecule has 6 rings (SSSR count). The van der Waals surface area contributed by atoms with Gasteiger partial charge in [-0.1, -0.05) is 60.1 Å². The number of nitrogens with zero attached hydrogens (tertiary/aromatic N) is 2. The first kappa shape index (κ1) is 29.1. The smallest absolute Gasteiger partial charge is 0.226 e. The van der Waals surface area contributed by atoms with Crippen molar-refractivity contribution in [2.45, 2.75) is 100.0 Å². The molecule has 0 aliphatic heterocycles. The third kappa shape index (κ3) is 3.69. The van der Waals surface area contributed by atoms with E-state index >= 15 is 0 Å². The van der Waals surface area contributed by atoms with Crippen LogP contribution in [0.2, 0.25) is 0 Å². The second kappa shape index (κ2) is 9.00. The van der Waals surface area contributed by atoms with Gasteiger partial charge >= 0.3 is 0 Å². The lowest BCUT2D eigenvalue weighted by Gasteiger charge is -2.69. The Hall–Kier alpha value is -3.01. The molecule has 1 aromatic rings. The third-order valence-corrected chi connectivity index (χ3v) is 13.5. The van der Waals surface area contributed by atoms with E-state index in [1.165, 1.54) is 6.39 Å². The monoisotopic (exact) mass is 571 g/mol. The lowest BCUT2D eigenvalue weighted by Crippen LogP contribution is -2.65. The maximum atomic E-state index is 14.5. The first-order chi connectivity index (χ1) is 19.6. The summed E-state index contributed by atoms with van der Waals surface area (Å²) in [6, 6.07) is 2.19. The number of oxazole rings is 1. The van der Waals surface area contributed by atoms with E-state index < -0.39 is 16.2 Å². The van der Waals surface area contributed by atoms with Crippen molar-refractivity contribution in [1.29, 1.82) is 5.26 Å². The SMILES string of the molecule is CC1(C(=O)NCc2cnco2)CCC2(C)CCC3(C)C(C(=O)C=C4C5(C)C=C(C#N)C(=O)C(C)(C)C5CCC43C)C2C1. The Kier molecular flexibility index (Phi) is 6.23. The Morgan fingerprint density at radius 3 is 2.45 bits per heavy atom. The number of carbonyl (C=O) groups is 3. The van der Waals surface area contributed by atoms with Crippen LogP contribution in [0.25, 0.3) is 0 Å². The molecule has 8 unspecified atom stereocenters. The molecule has 1 heterocycles. The number of nitriles is 1. The van der Waals surface area contributed by atoms with Crippen LogP contribution in [-0.4, -0.2) is 22.5 Å². The molecule has 0 saturated heterocycles. The van der Waals surface area contributed by atoms with E-state index in [-0.39, 0.29) is 57.0 Å². The summed E-state index contributed by atoms with van der Waals surface area (Å²) in [5, 5.41) is 13.0. The van der Waals surface area contributed by atoms with Crippen LogP contribution in [0.1, 0.15) is 99.2 Å². The average molecular weight is 572 g/mol. The molecule has 0 spiro atoms. The van der Waals surface area contributed by atoms with Crippen LogP contribution in [0, 0.1) is 61.6 Å². The van der Waals surface area contributed by atoms with Gasteiger partial charge < -0.3 is 9.73 Å². The Morgan fingerprint density at radius 2 is 1.79 bits per heavy atom. The molecular formula is C35H45N3O4. The molecule has 42 heavy (non-hydrogen) atoms. The minimum atomic E-state index is -0.674. The Balaban J connectivity index is 1.39. The van der Waals surface area contributed by atoms with Gasteiger partial charge in [0.2, 0.25) is 5.91 Å². The van der Waals surface area contributed by atoms with Gasteiger partial charge in [-0.25, -0.2) is 4.98 Å². The van der Waals surface area contributed by atoms with Gasteiger partial charge in [-0.05, 0) is 79.1 Å². The molecule has 1 N–H and O–H groups in total. The Morgan fingerprint density at radius 1 is 1.07 bits per heavy atom. The number of aromatic nitrogens is 1. The third-order valence-electron chi connectivity index (χ3n) is 13.5. The standard InChI is InChI=1S/C35H45N3O4/c1-30(2)25-8-9-34(6)26(33(25,5)15-21(17-36)28(30)40)14-24(39)27-23-16-32(4,29(41)38-19-22-18-37-20-42-22)11-10-31(23,3)12-13-35(27,34)7/h14-15,18,20,23,25,27H,8-13,16,19H2,1-7H3,(H,38,41). The van der Waals surface area contributed by atoms with Crippen LogP contribution in [0.3, 0.4) is 0 Å². The van der Waals surface area contributed by atoms with E-state index in [2.05, 4.69) is 51.0 Å². The van der Waals surface area contributed by atoms with Gasteiger partial charge in [0.1, 0.15) is 11.8 Å². The van der Waals surface area contributed by atoms with Crippen LogP contribution in [0.4, 0.5) is 0 Å². The van der Waals surface area contributed by atoms with Crippen molar-refractivity contribution in [1.82, 2.24) is 10.3 Å². The summed E-state index contributed by atoms with van der Waals surface area (Å²) in [6.45, 7) is 15.5. The number of allylic oxidation sites excluding steroid dienone is 4. The van der Waals surface area contributed by atoms with E-state index in [9.17, 15) is 19.6 Å². The number of hydrogen-bond donors (Lipinski definition) is 1. The van der Waals surface area contributed by atoms with E-state index in [1.807, 2.05) is 26.0 Å². The van der Waals surface area contributed by atoms with Crippen molar-refractivity contribution in [2.75, 3.05) is 0 Å². The molecule has 5 aliphatic rings. The highest BCUT2D eigenvalue weighted by Crippen LogP contribution is 2.74. The number of fused-ring (bicyclic) bond motifs is 7. The normalized spacial score (nSPS) is 43.9. The number of Topliss-reactive ketones (excluding diaryl/α,β-unsaturated/α-hetero) is 1. The molecule has 1 amide bonds. The highest BCUT2D eigenvalue weighted by molar-refractivity contribution is 6.04. The summed E-state index contributed by atoms with van der Waals surface area (Å²) in [5.41, 5.74) is -0.999. The average Bonchev–Trinajstić information content (AvgIpc) is 3.45. The summed E-state index contributed by atoms with van der Waals surface area (Å²) in [7, 11) is 0. The molecule has 0 radical (unpaired) electrons. The van der Waals surface area contributed by atoms with Gasteiger partial charge in [0.25, 0.3) is 0 Å². The summed E-state index contributed by atoms with van der Waals surface area (Å²) >= 11 is 0. The van der Waals surface area contributed by atoms with E-state index in [4.69, 9.17) is 4.42 Å². The molecule has 7 nitrogen and oxygen atoms in total. The Labute approximate surface area is 249 Å². The molecule has 8 atom stereocenters. The topological polar surface area (TPSA) is 113 Å². The molecule has 5 aliphatic carbocycles. The van der Waals surface area contributed by atoms with Gasteiger partial charge in [0.05, 0.1) is 18.3 Å².